The molecule has 0 aliphatic carbocycles. The number of nitrogens with one attached hydrogen (secondary N) is 2. The van der Waals surface area contributed by atoms with Gasteiger partial charge in [-0.25, -0.2) is 0 Å². The Hall–Kier alpha value is -1.11. The van der Waals surface area contributed by atoms with Gasteiger partial charge in [0.15, 0.2) is 0 Å². The number of carbonyl (C=O) groups excluding carboxylic acids is 1. The summed E-state index contributed by atoms with van der Waals surface area (Å²) in [4.78, 5) is 11.6. The lowest BCUT2D eigenvalue weighted by atomic mass is 10.4. The molecule has 1 heterocycles. The number of tetrazole rings is 1. The van der Waals surface area contributed by atoms with Gasteiger partial charge in [0, 0.05) is 0 Å². The van der Waals surface area contributed by atoms with Crippen molar-refractivity contribution >= 4 is 23.6 Å². The van der Waals surface area contributed by atoms with Crippen molar-refractivity contribution in [2.45, 2.75) is 31.9 Å². The third kappa shape index (κ3) is 4.28. The quantitative estimate of drug-likeness (QED) is 0.713. The molecule has 6 nitrogen and oxygen atoms in total. The van der Waals surface area contributed by atoms with Crippen molar-refractivity contribution in [2.75, 3.05) is 11.1 Å². The normalized spacial score (nSPS) is 12.4. The number of aromatic amines is 1. The molecule has 1 amide bonds. The van der Waals surface area contributed by atoms with E-state index in [9.17, 15) is 4.79 Å². The Kier molecular flexibility index (Phi) is 5.09. The van der Waals surface area contributed by atoms with Gasteiger partial charge in [-0.05, 0) is 24.3 Å². The Morgan fingerprint density at radius 1 is 1.67 bits per heavy atom. The Balaban J connectivity index is 2.27. The maximum atomic E-state index is 11.6. The van der Waals surface area contributed by atoms with E-state index in [2.05, 4.69) is 32.9 Å². The predicted molar refractivity (Wildman–Crippen MR) is 59.6 cm³/mol. The van der Waals surface area contributed by atoms with Crippen molar-refractivity contribution in [1.29, 1.82) is 0 Å². The molecule has 0 aliphatic rings. The molecular weight excluding hydrogens is 214 g/mol. The molecule has 0 saturated carbocycles. The van der Waals surface area contributed by atoms with Crippen LogP contribution in [0.4, 0.5) is 5.95 Å². The van der Waals surface area contributed by atoms with E-state index in [1.165, 1.54) is 0 Å². The van der Waals surface area contributed by atoms with E-state index in [0.717, 1.165) is 18.6 Å². The predicted octanol–water partition coefficient (Wildman–Crippen LogP) is 1.06. The first kappa shape index (κ1) is 12.0. The zero-order chi connectivity index (χ0) is 11.1. The first-order valence-electron chi connectivity index (χ1n) is 4.90. The van der Waals surface area contributed by atoms with Gasteiger partial charge < -0.3 is 0 Å². The van der Waals surface area contributed by atoms with Crippen molar-refractivity contribution in [1.82, 2.24) is 20.6 Å². The topological polar surface area (TPSA) is 83.6 Å². The van der Waals surface area contributed by atoms with Gasteiger partial charge in [0.25, 0.3) is 5.95 Å². The highest BCUT2D eigenvalue weighted by atomic mass is 32.2. The number of hydrogen-bond acceptors (Lipinski definition) is 5. The molecule has 2 N–H and O–H groups in total. The van der Waals surface area contributed by atoms with Gasteiger partial charge in [-0.3, -0.25) is 10.1 Å². The number of amides is 1. The minimum Gasteiger partial charge on any atom is -0.291 e. The summed E-state index contributed by atoms with van der Waals surface area (Å²) in [5.74, 6) is 1.14. The van der Waals surface area contributed by atoms with Crippen LogP contribution in [0.2, 0.25) is 0 Å². The summed E-state index contributed by atoms with van der Waals surface area (Å²) in [6, 6.07) is 0. The highest BCUT2D eigenvalue weighted by molar-refractivity contribution is 8.00. The lowest BCUT2D eigenvalue weighted by Gasteiger charge is -2.08. The average Bonchev–Trinajstić information content (AvgIpc) is 2.70. The van der Waals surface area contributed by atoms with Crippen LogP contribution in [0.15, 0.2) is 0 Å². The van der Waals surface area contributed by atoms with E-state index in [0.29, 0.717) is 0 Å². The van der Waals surface area contributed by atoms with Gasteiger partial charge in [-0.2, -0.15) is 5.21 Å². The fourth-order valence-electron chi connectivity index (χ4n) is 0.907. The van der Waals surface area contributed by atoms with Crippen LogP contribution < -0.4 is 5.32 Å². The van der Waals surface area contributed by atoms with Crippen molar-refractivity contribution in [3.63, 3.8) is 0 Å². The maximum absolute atomic E-state index is 11.6. The Bertz CT molecular complexity index is 289. The van der Waals surface area contributed by atoms with E-state index >= 15 is 0 Å². The van der Waals surface area contributed by atoms with Gasteiger partial charge in [0.2, 0.25) is 5.91 Å². The van der Waals surface area contributed by atoms with E-state index < -0.39 is 0 Å². The van der Waals surface area contributed by atoms with Gasteiger partial charge in [-0.1, -0.05) is 18.4 Å². The summed E-state index contributed by atoms with van der Waals surface area (Å²) in [5, 5.41) is 15.4. The largest absolute Gasteiger partial charge is 0.291 e. The van der Waals surface area contributed by atoms with Crippen LogP contribution in [-0.2, 0) is 4.79 Å². The Morgan fingerprint density at radius 3 is 3.07 bits per heavy atom. The number of thioether (sulfide) groups is 1. The maximum Gasteiger partial charge on any atom is 0.269 e. The molecule has 0 fully saturated rings. The Morgan fingerprint density at radius 2 is 2.47 bits per heavy atom. The number of H-pyrrole nitrogens is 1. The van der Waals surface area contributed by atoms with Crippen LogP contribution in [0, 0.1) is 0 Å². The van der Waals surface area contributed by atoms with Crippen LogP contribution in [0.25, 0.3) is 0 Å². The second-order valence-corrected chi connectivity index (χ2v) is 4.54. The summed E-state index contributed by atoms with van der Waals surface area (Å²) < 4.78 is 0. The van der Waals surface area contributed by atoms with Crippen molar-refractivity contribution in [3.05, 3.63) is 0 Å². The molecular formula is C8H15N5OS. The molecule has 0 radical (unpaired) electrons. The molecule has 1 aromatic heterocycles. The van der Waals surface area contributed by atoms with Crippen LogP contribution >= 0.6 is 11.8 Å². The van der Waals surface area contributed by atoms with E-state index in [-0.39, 0.29) is 17.1 Å². The fourth-order valence-corrected chi connectivity index (χ4v) is 1.93. The van der Waals surface area contributed by atoms with E-state index in [1.54, 1.807) is 11.8 Å². The summed E-state index contributed by atoms with van der Waals surface area (Å²) >= 11 is 1.63. The molecule has 1 aromatic rings. The number of rotatable bonds is 6. The third-order valence-electron chi connectivity index (χ3n) is 1.82. The zero-order valence-corrected chi connectivity index (χ0v) is 9.67. The van der Waals surface area contributed by atoms with Gasteiger partial charge in [-0.15, -0.1) is 16.9 Å². The first-order valence-corrected chi connectivity index (χ1v) is 5.94. The van der Waals surface area contributed by atoms with E-state index in [4.69, 9.17) is 0 Å². The first-order chi connectivity index (χ1) is 7.24. The molecule has 0 saturated heterocycles. The van der Waals surface area contributed by atoms with Gasteiger partial charge in [0.05, 0.1) is 5.25 Å². The molecule has 1 atom stereocenters. The smallest absolute Gasteiger partial charge is 0.269 e. The standard InChI is InChI=1S/C8H15N5OS/c1-3-4-5-15-6(2)7(14)9-8-10-12-13-11-8/h6H,3-5H2,1-2H3,(H2,9,10,11,12,13,14)/t6-/m0/s1. The molecule has 0 spiro atoms. The van der Waals surface area contributed by atoms with Crippen molar-refractivity contribution in [3.8, 4) is 0 Å². The molecule has 7 heteroatoms. The molecule has 0 aromatic carbocycles. The highest BCUT2D eigenvalue weighted by Gasteiger charge is 2.14. The fraction of sp³-hybridized carbons (Fsp3) is 0.750. The third-order valence-corrected chi connectivity index (χ3v) is 3.05. The molecule has 84 valence electrons. The highest BCUT2D eigenvalue weighted by Crippen LogP contribution is 2.13. The Labute approximate surface area is 92.6 Å². The molecule has 0 bridgehead atoms. The van der Waals surface area contributed by atoms with Gasteiger partial charge in [0.1, 0.15) is 0 Å². The SMILES string of the molecule is CCCCS[C@@H](C)C(=O)Nc1nn[nH]n1. The minimum atomic E-state index is -0.0879. The summed E-state index contributed by atoms with van der Waals surface area (Å²) in [5.41, 5.74) is 0. The molecule has 15 heavy (non-hydrogen) atoms. The minimum absolute atomic E-state index is 0.0856. The summed E-state index contributed by atoms with van der Waals surface area (Å²) in [6.07, 6.45) is 2.27. The average molecular weight is 229 g/mol. The van der Waals surface area contributed by atoms with Crippen LogP contribution in [0.5, 0.6) is 0 Å². The number of anilines is 1. The second-order valence-electron chi connectivity index (χ2n) is 3.09. The van der Waals surface area contributed by atoms with Crippen molar-refractivity contribution < 1.29 is 4.79 Å². The number of aromatic nitrogens is 4. The molecule has 1 rings (SSSR count). The summed E-state index contributed by atoms with van der Waals surface area (Å²) in [6.45, 7) is 4.00. The van der Waals surface area contributed by atoms with Crippen LogP contribution in [0.3, 0.4) is 0 Å². The van der Waals surface area contributed by atoms with Crippen molar-refractivity contribution in [2.24, 2.45) is 0 Å². The summed E-state index contributed by atoms with van der Waals surface area (Å²) in [7, 11) is 0. The second kappa shape index (κ2) is 6.39. The van der Waals surface area contributed by atoms with E-state index in [1.807, 2.05) is 6.92 Å². The van der Waals surface area contributed by atoms with Crippen LogP contribution in [-0.4, -0.2) is 37.5 Å². The molecule has 0 aliphatic heterocycles. The van der Waals surface area contributed by atoms with Gasteiger partial charge >= 0.3 is 0 Å². The lowest BCUT2D eigenvalue weighted by molar-refractivity contribution is -0.115. The monoisotopic (exact) mass is 229 g/mol. The number of hydrogen-bond donors (Lipinski definition) is 2. The van der Waals surface area contributed by atoms with Crippen LogP contribution in [0.1, 0.15) is 26.7 Å². The number of nitrogens with zero attached hydrogens (tertiary/aromatic N) is 3. The number of unbranched alkanes of at least 4 members (excludes halogenated alkanes) is 1. The number of carbonyl (C=O) groups is 1. The molecule has 0 unspecified atom stereocenters. The lowest BCUT2D eigenvalue weighted by Crippen LogP contribution is -2.23. The zero-order valence-electron chi connectivity index (χ0n) is 8.86.